The van der Waals surface area contributed by atoms with E-state index in [0.29, 0.717) is 33.8 Å². The molecule has 1 amide bonds. The first-order chi connectivity index (χ1) is 14.3. The number of ketones is 1. The average molecular weight is 486 g/mol. The summed E-state index contributed by atoms with van der Waals surface area (Å²) in [6, 6.07) is 9.22. The first-order valence-corrected chi connectivity index (χ1v) is 11.1. The third-order valence-electron chi connectivity index (χ3n) is 4.73. The van der Waals surface area contributed by atoms with Gasteiger partial charge in [0.15, 0.2) is 5.78 Å². The van der Waals surface area contributed by atoms with E-state index in [-0.39, 0.29) is 42.8 Å². The fourth-order valence-electron chi connectivity index (χ4n) is 3.16. The first-order valence-electron chi connectivity index (χ1n) is 9.78. The summed E-state index contributed by atoms with van der Waals surface area (Å²) in [6.45, 7) is 5.00. The van der Waals surface area contributed by atoms with Gasteiger partial charge in [-0.05, 0) is 42.3 Å². The zero-order valence-corrected chi connectivity index (χ0v) is 19.7. The SMILES string of the molecule is CC(C)CNCC(=O)c1cc2c(cc1F)SC[C@H](N)C(=O)N2Cc1ccc(Cl)cc1.Cl. The van der Waals surface area contributed by atoms with E-state index in [1.807, 2.05) is 26.0 Å². The van der Waals surface area contributed by atoms with E-state index in [0.717, 1.165) is 5.56 Å². The summed E-state index contributed by atoms with van der Waals surface area (Å²) >= 11 is 7.28. The number of amides is 1. The van der Waals surface area contributed by atoms with Gasteiger partial charge in [0.2, 0.25) is 5.91 Å². The molecule has 1 heterocycles. The predicted octanol–water partition coefficient (Wildman–Crippen LogP) is 4.30. The molecule has 1 atom stereocenters. The number of nitrogens with one attached hydrogen (secondary N) is 1. The van der Waals surface area contributed by atoms with E-state index in [2.05, 4.69) is 5.32 Å². The van der Waals surface area contributed by atoms with Crippen LogP contribution in [0, 0.1) is 11.7 Å². The first kappa shape index (κ1) is 25.6. The molecule has 0 saturated heterocycles. The second kappa shape index (κ2) is 11.3. The molecule has 31 heavy (non-hydrogen) atoms. The van der Waals surface area contributed by atoms with Crippen molar-refractivity contribution >= 4 is 53.1 Å². The van der Waals surface area contributed by atoms with Gasteiger partial charge in [0.05, 0.1) is 30.4 Å². The number of carbonyl (C=O) groups is 2. The molecule has 0 bridgehead atoms. The van der Waals surface area contributed by atoms with Crippen LogP contribution in [0.5, 0.6) is 0 Å². The van der Waals surface area contributed by atoms with Crippen LogP contribution in [0.25, 0.3) is 0 Å². The van der Waals surface area contributed by atoms with Gasteiger partial charge in [-0.3, -0.25) is 9.59 Å². The number of halogens is 3. The number of anilines is 1. The minimum atomic E-state index is -0.718. The molecule has 0 radical (unpaired) electrons. The largest absolute Gasteiger partial charge is 0.319 e. The molecule has 0 aliphatic carbocycles. The maximum Gasteiger partial charge on any atom is 0.245 e. The number of nitrogens with zero attached hydrogens (tertiary/aromatic N) is 1. The standard InChI is InChI=1S/C22H25ClFN3O2S.ClH/c1-13(2)9-26-10-20(28)16-7-19-21(8-17(16)24)30-12-18(25)22(29)27(19)11-14-3-5-15(23)6-4-14;/h3-8,13,18,26H,9-12,25H2,1-2H3;1H/t18-;/m0./s1. The van der Waals surface area contributed by atoms with Gasteiger partial charge >= 0.3 is 0 Å². The summed E-state index contributed by atoms with van der Waals surface area (Å²) in [4.78, 5) is 27.7. The van der Waals surface area contributed by atoms with Crippen LogP contribution < -0.4 is 16.0 Å². The molecule has 0 saturated carbocycles. The zero-order chi connectivity index (χ0) is 21.8. The molecule has 0 aromatic heterocycles. The highest BCUT2D eigenvalue weighted by Crippen LogP contribution is 2.37. The maximum absolute atomic E-state index is 14.7. The molecule has 2 aromatic carbocycles. The molecular formula is C22H26Cl2FN3O2S. The Bertz CT molecular complexity index is 941. The highest BCUT2D eigenvalue weighted by Gasteiger charge is 2.30. The Morgan fingerprint density at radius 2 is 2.00 bits per heavy atom. The maximum atomic E-state index is 14.7. The lowest BCUT2D eigenvalue weighted by atomic mass is 10.1. The molecular weight excluding hydrogens is 460 g/mol. The van der Waals surface area contributed by atoms with E-state index < -0.39 is 11.9 Å². The quantitative estimate of drug-likeness (QED) is 0.571. The highest BCUT2D eigenvalue weighted by molar-refractivity contribution is 7.99. The van der Waals surface area contributed by atoms with E-state index in [9.17, 15) is 14.0 Å². The number of benzene rings is 2. The summed E-state index contributed by atoms with van der Waals surface area (Å²) in [5.41, 5.74) is 7.38. The average Bonchev–Trinajstić information content (AvgIpc) is 2.80. The topological polar surface area (TPSA) is 75.4 Å². The minimum absolute atomic E-state index is 0. The summed E-state index contributed by atoms with van der Waals surface area (Å²) in [6.07, 6.45) is 0. The molecule has 9 heteroatoms. The molecule has 0 unspecified atom stereocenters. The number of fused-ring (bicyclic) bond motifs is 1. The Morgan fingerprint density at radius 3 is 2.65 bits per heavy atom. The van der Waals surface area contributed by atoms with E-state index >= 15 is 0 Å². The van der Waals surface area contributed by atoms with Crippen molar-refractivity contribution < 1.29 is 14.0 Å². The van der Waals surface area contributed by atoms with Gasteiger partial charge in [-0.15, -0.1) is 24.2 Å². The van der Waals surface area contributed by atoms with Crippen molar-refractivity contribution in [2.45, 2.75) is 31.3 Å². The summed E-state index contributed by atoms with van der Waals surface area (Å²) in [5.74, 6) is -0.495. The van der Waals surface area contributed by atoms with Crippen molar-refractivity contribution in [3.63, 3.8) is 0 Å². The lowest BCUT2D eigenvalue weighted by molar-refractivity contribution is -0.119. The van der Waals surface area contributed by atoms with Crippen molar-refractivity contribution in [1.82, 2.24) is 5.32 Å². The molecule has 1 aliphatic rings. The van der Waals surface area contributed by atoms with Crippen LogP contribution in [0.1, 0.15) is 29.8 Å². The van der Waals surface area contributed by atoms with Crippen molar-refractivity contribution in [1.29, 1.82) is 0 Å². The fourth-order valence-corrected chi connectivity index (χ4v) is 4.29. The van der Waals surface area contributed by atoms with Crippen molar-refractivity contribution in [2.24, 2.45) is 11.7 Å². The smallest absolute Gasteiger partial charge is 0.245 e. The molecule has 2 aromatic rings. The van der Waals surface area contributed by atoms with E-state index in [1.165, 1.54) is 28.8 Å². The number of carbonyl (C=O) groups excluding carboxylic acids is 2. The van der Waals surface area contributed by atoms with Crippen LogP contribution in [0.15, 0.2) is 41.3 Å². The van der Waals surface area contributed by atoms with Gasteiger partial charge in [0.1, 0.15) is 5.82 Å². The Labute approximate surface area is 197 Å². The summed E-state index contributed by atoms with van der Waals surface area (Å²) in [5, 5.41) is 3.64. The van der Waals surface area contributed by atoms with Gasteiger partial charge in [0, 0.05) is 15.7 Å². The second-order valence-electron chi connectivity index (χ2n) is 7.72. The lowest BCUT2D eigenvalue weighted by Crippen LogP contribution is -2.44. The third-order valence-corrected chi connectivity index (χ3v) is 6.15. The van der Waals surface area contributed by atoms with Crippen LogP contribution in [-0.4, -0.2) is 36.6 Å². The van der Waals surface area contributed by atoms with Gasteiger partial charge in [-0.1, -0.05) is 37.6 Å². The lowest BCUT2D eigenvalue weighted by Gasteiger charge is -2.25. The Balaban J connectivity index is 0.00000341. The number of hydrogen-bond acceptors (Lipinski definition) is 5. The fraction of sp³-hybridized carbons (Fsp3) is 0.364. The summed E-state index contributed by atoms with van der Waals surface area (Å²) < 4.78 is 14.7. The van der Waals surface area contributed by atoms with Gasteiger partial charge in [-0.2, -0.15) is 0 Å². The van der Waals surface area contributed by atoms with E-state index in [1.54, 1.807) is 12.1 Å². The van der Waals surface area contributed by atoms with Crippen LogP contribution in [-0.2, 0) is 11.3 Å². The number of thioether (sulfide) groups is 1. The van der Waals surface area contributed by atoms with Crippen LogP contribution in [0.2, 0.25) is 5.02 Å². The monoisotopic (exact) mass is 485 g/mol. The molecule has 5 nitrogen and oxygen atoms in total. The molecule has 3 rings (SSSR count). The Morgan fingerprint density at radius 1 is 1.32 bits per heavy atom. The van der Waals surface area contributed by atoms with Crippen molar-refractivity contribution in [3.8, 4) is 0 Å². The van der Waals surface area contributed by atoms with Crippen LogP contribution in [0.3, 0.4) is 0 Å². The van der Waals surface area contributed by atoms with Crippen LogP contribution >= 0.6 is 35.8 Å². The Hall–Kier alpha value is -1.64. The number of nitrogens with two attached hydrogens (primary N) is 1. The molecule has 3 N–H and O–H groups in total. The molecule has 0 fully saturated rings. The highest BCUT2D eigenvalue weighted by atomic mass is 35.5. The molecule has 168 valence electrons. The van der Waals surface area contributed by atoms with Crippen molar-refractivity contribution in [2.75, 3.05) is 23.7 Å². The van der Waals surface area contributed by atoms with E-state index in [4.69, 9.17) is 17.3 Å². The Kier molecular flexibility index (Phi) is 9.33. The van der Waals surface area contributed by atoms with Crippen LogP contribution in [0.4, 0.5) is 10.1 Å². The number of rotatable bonds is 7. The predicted molar refractivity (Wildman–Crippen MR) is 127 cm³/mol. The second-order valence-corrected chi connectivity index (χ2v) is 9.21. The number of hydrogen-bond donors (Lipinski definition) is 2. The zero-order valence-electron chi connectivity index (χ0n) is 17.4. The third kappa shape index (κ3) is 6.43. The minimum Gasteiger partial charge on any atom is -0.319 e. The van der Waals surface area contributed by atoms with Gasteiger partial charge in [-0.25, -0.2) is 4.39 Å². The van der Waals surface area contributed by atoms with Crippen molar-refractivity contribution in [3.05, 3.63) is 58.4 Å². The molecule has 1 aliphatic heterocycles. The molecule has 0 spiro atoms. The number of Topliss-reactive ketones (excluding diaryl/α,β-unsaturated/α-hetero) is 1. The normalized spacial score (nSPS) is 16.0. The summed E-state index contributed by atoms with van der Waals surface area (Å²) in [7, 11) is 0. The van der Waals surface area contributed by atoms with Gasteiger partial charge < -0.3 is 16.0 Å². The van der Waals surface area contributed by atoms with Gasteiger partial charge in [0.25, 0.3) is 0 Å².